The maximum atomic E-state index is 13.0. The van der Waals surface area contributed by atoms with E-state index in [-0.39, 0.29) is 23.3 Å². The number of urea groups is 1. The van der Waals surface area contributed by atoms with Crippen molar-refractivity contribution in [3.05, 3.63) is 102 Å². The molecule has 1 aliphatic carbocycles. The van der Waals surface area contributed by atoms with Crippen molar-refractivity contribution >= 4 is 44.7 Å². The van der Waals surface area contributed by atoms with Crippen molar-refractivity contribution in [1.82, 2.24) is 0 Å². The largest absolute Gasteiger partial charge is 0.454 e. The number of nitrogens with one attached hydrogen (secondary N) is 4. The summed E-state index contributed by atoms with van der Waals surface area (Å²) in [7, 11) is -3.99. The summed E-state index contributed by atoms with van der Waals surface area (Å²) < 4.78 is 39.1. The Hall–Kier alpha value is -5.03. The van der Waals surface area contributed by atoms with Crippen LogP contribution in [0, 0.1) is 0 Å². The molecule has 0 saturated carbocycles. The summed E-state index contributed by atoms with van der Waals surface area (Å²) in [5.74, 6) is 0.468. The van der Waals surface area contributed by atoms with Crippen molar-refractivity contribution in [2.75, 3.05) is 27.5 Å². The number of carbonyl (C=O) groups excluding carboxylic acids is 2. The molecule has 1 heterocycles. The molecule has 0 aromatic heterocycles. The van der Waals surface area contributed by atoms with Gasteiger partial charge in [0.05, 0.1) is 10.6 Å². The second-order valence-electron chi connectivity index (χ2n) is 9.97. The number of fused-ring (bicyclic) bond motifs is 2. The van der Waals surface area contributed by atoms with Gasteiger partial charge < -0.3 is 25.4 Å². The Morgan fingerprint density at radius 3 is 2.33 bits per heavy atom. The van der Waals surface area contributed by atoms with Crippen molar-refractivity contribution in [1.29, 1.82) is 0 Å². The van der Waals surface area contributed by atoms with Crippen LogP contribution in [-0.4, -0.2) is 27.1 Å². The van der Waals surface area contributed by atoms with Crippen LogP contribution >= 0.6 is 0 Å². The molecular weight excluding hydrogens is 556 g/mol. The van der Waals surface area contributed by atoms with E-state index in [9.17, 15) is 18.0 Å². The number of benzene rings is 4. The summed E-state index contributed by atoms with van der Waals surface area (Å²) in [5, 5.41) is 8.52. The quantitative estimate of drug-likeness (QED) is 0.211. The summed E-state index contributed by atoms with van der Waals surface area (Å²) in [4.78, 5) is 25.7. The standard InChI is InChI=1S/C31H28N4O6S/c36-30(21-8-3-11-25(16-21)42(38,39)35-24-14-15-28-29(18-24)41-19-40-28)32-22-9-5-10-23(17-22)33-31(37)34-27-13-4-7-20-6-1-2-12-26(20)27/h3-5,7-11,13-18,35H,1-2,6,12,19H2,(H,32,36)(H2,33,34,37). The number of anilines is 4. The number of hydrogen-bond acceptors (Lipinski definition) is 6. The molecular formula is C31H28N4O6S. The lowest BCUT2D eigenvalue weighted by Gasteiger charge is -2.19. The molecule has 0 saturated heterocycles. The minimum Gasteiger partial charge on any atom is -0.454 e. The second-order valence-corrected chi connectivity index (χ2v) is 11.6. The van der Waals surface area contributed by atoms with Gasteiger partial charge in [-0.15, -0.1) is 0 Å². The Kier molecular flexibility index (Phi) is 7.41. The lowest BCUT2D eigenvalue weighted by Crippen LogP contribution is -2.21. The van der Waals surface area contributed by atoms with Crippen molar-refractivity contribution in [3.8, 4) is 11.5 Å². The first-order valence-electron chi connectivity index (χ1n) is 13.5. The molecule has 0 fully saturated rings. The van der Waals surface area contributed by atoms with E-state index in [4.69, 9.17) is 9.47 Å². The molecule has 0 unspecified atom stereocenters. The third-order valence-corrected chi connectivity index (χ3v) is 8.43. The fourth-order valence-corrected chi connectivity index (χ4v) is 6.13. The van der Waals surface area contributed by atoms with Crippen molar-refractivity contribution in [2.24, 2.45) is 0 Å². The van der Waals surface area contributed by atoms with E-state index in [1.54, 1.807) is 36.4 Å². The van der Waals surface area contributed by atoms with Crippen LogP contribution in [0.5, 0.6) is 11.5 Å². The lowest BCUT2D eigenvalue weighted by atomic mass is 9.90. The fourth-order valence-electron chi connectivity index (χ4n) is 5.04. The maximum absolute atomic E-state index is 13.0. The molecule has 0 atom stereocenters. The molecule has 42 heavy (non-hydrogen) atoms. The van der Waals surface area contributed by atoms with Gasteiger partial charge in [0.1, 0.15) is 0 Å². The SMILES string of the molecule is O=C(Nc1cccc(NC(=O)c2cccc(S(=O)(=O)Nc3ccc4c(c3)OCO4)c2)c1)Nc1cccc2c1CCCC2. The molecule has 10 nitrogen and oxygen atoms in total. The van der Waals surface area contributed by atoms with E-state index in [2.05, 4.69) is 26.7 Å². The highest BCUT2D eigenvalue weighted by atomic mass is 32.2. The predicted octanol–water partition coefficient (Wildman–Crippen LogP) is 5.99. The zero-order chi connectivity index (χ0) is 29.1. The van der Waals surface area contributed by atoms with Crippen molar-refractivity contribution in [3.63, 3.8) is 0 Å². The highest BCUT2D eigenvalue weighted by molar-refractivity contribution is 7.92. The molecule has 1 aliphatic heterocycles. The summed E-state index contributed by atoms with van der Waals surface area (Å²) in [5.41, 5.74) is 4.61. The summed E-state index contributed by atoms with van der Waals surface area (Å²) >= 11 is 0. The Labute approximate surface area is 243 Å². The molecule has 4 aromatic rings. The number of rotatable bonds is 7. The van der Waals surface area contributed by atoms with Gasteiger partial charge in [-0.05, 0) is 91.4 Å². The number of hydrogen-bond donors (Lipinski definition) is 4. The Morgan fingerprint density at radius 2 is 1.45 bits per heavy atom. The Morgan fingerprint density at radius 1 is 0.690 bits per heavy atom. The smallest absolute Gasteiger partial charge is 0.323 e. The van der Waals surface area contributed by atoms with Crippen LogP contribution in [0.25, 0.3) is 0 Å². The van der Waals surface area contributed by atoms with Gasteiger partial charge in [-0.1, -0.05) is 24.3 Å². The van der Waals surface area contributed by atoms with E-state index in [1.165, 1.54) is 41.5 Å². The number of carbonyl (C=O) groups is 2. The molecule has 214 valence electrons. The third-order valence-electron chi connectivity index (χ3n) is 7.05. The second kappa shape index (κ2) is 11.5. The first-order valence-corrected chi connectivity index (χ1v) is 15.0. The van der Waals surface area contributed by atoms with Crippen LogP contribution in [0.4, 0.5) is 27.5 Å². The maximum Gasteiger partial charge on any atom is 0.323 e. The van der Waals surface area contributed by atoms with Gasteiger partial charge in [0.2, 0.25) is 6.79 Å². The van der Waals surface area contributed by atoms with E-state index in [0.717, 1.165) is 31.4 Å². The van der Waals surface area contributed by atoms with Crippen LogP contribution in [-0.2, 0) is 22.9 Å². The van der Waals surface area contributed by atoms with E-state index >= 15 is 0 Å². The topological polar surface area (TPSA) is 135 Å². The summed E-state index contributed by atoms with van der Waals surface area (Å²) in [6, 6.07) is 22.7. The summed E-state index contributed by atoms with van der Waals surface area (Å²) in [6.45, 7) is 0.0736. The molecule has 0 bridgehead atoms. The van der Waals surface area contributed by atoms with Gasteiger partial charge >= 0.3 is 6.03 Å². The zero-order valence-electron chi connectivity index (χ0n) is 22.5. The highest BCUT2D eigenvalue weighted by Gasteiger charge is 2.20. The molecule has 6 rings (SSSR count). The minimum atomic E-state index is -3.99. The zero-order valence-corrected chi connectivity index (χ0v) is 23.3. The first kappa shape index (κ1) is 27.2. The van der Waals surface area contributed by atoms with Crippen LogP contribution < -0.4 is 30.1 Å². The van der Waals surface area contributed by atoms with Crippen LogP contribution in [0.3, 0.4) is 0 Å². The van der Waals surface area contributed by atoms with Gasteiger partial charge in [-0.2, -0.15) is 0 Å². The molecule has 4 N–H and O–H groups in total. The molecule has 0 radical (unpaired) electrons. The average molecular weight is 585 g/mol. The van der Waals surface area contributed by atoms with Gasteiger partial charge in [-0.25, -0.2) is 13.2 Å². The van der Waals surface area contributed by atoms with E-state index in [1.807, 2.05) is 12.1 Å². The van der Waals surface area contributed by atoms with Gasteiger partial charge in [0.25, 0.3) is 15.9 Å². The van der Waals surface area contributed by atoms with E-state index in [0.29, 0.717) is 28.6 Å². The predicted molar refractivity (Wildman–Crippen MR) is 160 cm³/mol. The minimum absolute atomic E-state index is 0.0736. The van der Waals surface area contributed by atoms with Gasteiger partial charge in [-0.3, -0.25) is 9.52 Å². The average Bonchev–Trinajstić information content (AvgIpc) is 3.45. The van der Waals surface area contributed by atoms with E-state index < -0.39 is 15.9 Å². The summed E-state index contributed by atoms with van der Waals surface area (Å²) in [6.07, 6.45) is 4.20. The number of amides is 3. The number of ether oxygens (including phenoxy) is 2. The normalized spacial score (nSPS) is 13.5. The molecule has 2 aliphatic rings. The monoisotopic (exact) mass is 584 g/mol. The van der Waals surface area contributed by atoms with Crippen LogP contribution in [0.2, 0.25) is 0 Å². The van der Waals surface area contributed by atoms with Crippen molar-refractivity contribution in [2.45, 2.75) is 30.6 Å². The first-order chi connectivity index (χ1) is 20.3. The third kappa shape index (κ3) is 6.01. The molecule has 3 amide bonds. The Balaban J connectivity index is 1.11. The van der Waals surface area contributed by atoms with Gasteiger partial charge in [0, 0.05) is 28.7 Å². The molecule has 11 heteroatoms. The van der Waals surface area contributed by atoms with Crippen molar-refractivity contribution < 1.29 is 27.5 Å². The van der Waals surface area contributed by atoms with Gasteiger partial charge in [0.15, 0.2) is 11.5 Å². The highest BCUT2D eigenvalue weighted by Crippen LogP contribution is 2.35. The Bertz CT molecular complexity index is 1790. The number of aryl methyl sites for hydroxylation is 1. The lowest BCUT2D eigenvalue weighted by molar-refractivity contribution is 0.102. The van der Waals surface area contributed by atoms with Crippen LogP contribution in [0.15, 0.2) is 89.8 Å². The molecule has 0 spiro atoms. The fraction of sp³-hybridized carbons (Fsp3) is 0.161. The van der Waals surface area contributed by atoms with Crippen LogP contribution in [0.1, 0.15) is 34.3 Å². The number of sulfonamides is 1. The molecule has 4 aromatic carbocycles.